The monoisotopic (exact) mass is 299 g/mol. The van der Waals surface area contributed by atoms with Crippen molar-refractivity contribution in [2.45, 2.75) is 31.7 Å². The van der Waals surface area contributed by atoms with Gasteiger partial charge in [0.1, 0.15) is 22.2 Å². The zero-order valence-electron chi connectivity index (χ0n) is 11.6. The molecule has 1 saturated carbocycles. The zero-order chi connectivity index (χ0) is 15.4. The quantitative estimate of drug-likeness (QED) is 0.612. The molecule has 0 radical (unpaired) electrons. The number of imide groups is 1. The molecule has 1 fully saturated rings. The van der Waals surface area contributed by atoms with E-state index in [9.17, 15) is 19.8 Å². The van der Waals surface area contributed by atoms with Crippen molar-refractivity contribution in [3.63, 3.8) is 0 Å². The highest BCUT2D eigenvalue weighted by Gasteiger charge is 2.45. The fourth-order valence-corrected chi connectivity index (χ4v) is 3.40. The van der Waals surface area contributed by atoms with Gasteiger partial charge in [-0.3, -0.25) is 14.5 Å². The minimum absolute atomic E-state index is 0.0215. The Morgan fingerprint density at radius 3 is 1.82 bits per heavy atom. The molecule has 4 rings (SSSR count). The summed E-state index contributed by atoms with van der Waals surface area (Å²) in [5.41, 5.74) is -0.286. The van der Waals surface area contributed by atoms with Gasteiger partial charge in [-0.25, -0.2) is 9.97 Å². The highest BCUT2D eigenvalue weighted by Crippen LogP contribution is 2.43. The number of phenolic OH excluding ortho intramolecular Hbond substituents is 2. The van der Waals surface area contributed by atoms with Crippen LogP contribution in [0.25, 0.3) is 11.0 Å². The van der Waals surface area contributed by atoms with Gasteiger partial charge < -0.3 is 10.2 Å². The summed E-state index contributed by atoms with van der Waals surface area (Å²) < 4.78 is 0. The first-order valence-electron chi connectivity index (χ1n) is 7.17. The van der Waals surface area contributed by atoms with Gasteiger partial charge in [-0.05, 0) is 12.8 Å². The molecule has 2 amide bonds. The van der Waals surface area contributed by atoms with Crippen LogP contribution in [-0.4, -0.2) is 42.9 Å². The van der Waals surface area contributed by atoms with Crippen LogP contribution >= 0.6 is 0 Å². The Morgan fingerprint density at radius 1 is 0.909 bits per heavy atom. The van der Waals surface area contributed by atoms with E-state index < -0.39 is 23.3 Å². The Kier molecular flexibility index (Phi) is 2.60. The first-order valence-corrected chi connectivity index (χ1v) is 7.17. The summed E-state index contributed by atoms with van der Waals surface area (Å²) in [4.78, 5) is 34.2. The molecule has 1 aliphatic heterocycles. The van der Waals surface area contributed by atoms with Crippen molar-refractivity contribution in [1.29, 1.82) is 0 Å². The molecule has 2 heterocycles. The molecule has 2 aliphatic rings. The number of rotatable bonds is 1. The zero-order valence-corrected chi connectivity index (χ0v) is 11.6. The van der Waals surface area contributed by atoms with Gasteiger partial charge in [0.15, 0.2) is 11.5 Å². The average molecular weight is 299 g/mol. The lowest BCUT2D eigenvalue weighted by Gasteiger charge is -2.21. The third kappa shape index (κ3) is 1.50. The Labute approximate surface area is 125 Å². The molecule has 1 aromatic heterocycles. The number of nitrogens with zero attached hydrogens (tertiary/aromatic N) is 3. The summed E-state index contributed by atoms with van der Waals surface area (Å²) in [5, 5.41) is 20.7. The molecule has 0 spiro atoms. The lowest BCUT2D eigenvalue weighted by Crippen LogP contribution is -2.38. The first-order chi connectivity index (χ1) is 10.6. The van der Waals surface area contributed by atoms with E-state index in [0.29, 0.717) is 0 Å². The maximum atomic E-state index is 12.6. The second kappa shape index (κ2) is 4.40. The molecule has 2 aromatic rings. The highest BCUT2D eigenvalue weighted by molar-refractivity contribution is 6.26. The summed E-state index contributed by atoms with van der Waals surface area (Å²) in [6.07, 6.45) is 6.13. The van der Waals surface area contributed by atoms with Crippen molar-refractivity contribution in [1.82, 2.24) is 14.9 Å². The number of carbonyl (C=O) groups excluding carboxylic acids is 2. The SMILES string of the molecule is O=C1c2c(c(O)c3nccnc3c2O)C(=O)N1C1CCCC1. The van der Waals surface area contributed by atoms with Crippen LogP contribution in [-0.2, 0) is 0 Å². The fraction of sp³-hybridized carbons (Fsp3) is 0.333. The number of aromatic hydroxyl groups is 2. The number of hydrogen-bond acceptors (Lipinski definition) is 6. The molecule has 0 unspecified atom stereocenters. The third-order valence-electron chi connectivity index (χ3n) is 4.43. The minimum Gasteiger partial charge on any atom is -0.505 e. The maximum absolute atomic E-state index is 12.6. The van der Waals surface area contributed by atoms with E-state index in [1.807, 2.05) is 0 Å². The number of carbonyl (C=O) groups is 2. The molecule has 0 atom stereocenters. The van der Waals surface area contributed by atoms with Gasteiger partial charge in [0, 0.05) is 18.4 Å². The standard InChI is InChI=1S/C15H13N3O4/c19-12-8-9(13(20)11-10(12)16-5-6-17-11)15(22)18(14(8)21)7-3-1-2-4-7/h5-7,19-20H,1-4H2. The second-order valence-corrected chi connectivity index (χ2v) is 5.62. The van der Waals surface area contributed by atoms with Gasteiger partial charge in [-0.15, -0.1) is 0 Å². The number of benzene rings is 1. The molecular formula is C15H13N3O4. The van der Waals surface area contributed by atoms with Crippen molar-refractivity contribution in [2.75, 3.05) is 0 Å². The van der Waals surface area contributed by atoms with Gasteiger partial charge in [0.25, 0.3) is 11.8 Å². The normalized spacial score (nSPS) is 18.5. The van der Waals surface area contributed by atoms with Crippen molar-refractivity contribution in [3.05, 3.63) is 23.5 Å². The van der Waals surface area contributed by atoms with Gasteiger partial charge in [-0.2, -0.15) is 0 Å². The summed E-state index contributed by atoms with van der Waals surface area (Å²) in [7, 11) is 0. The van der Waals surface area contributed by atoms with Crippen molar-refractivity contribution < 1.29 is 19.8 Å². The molecule has 7 heteroatoms. The Bertz CT molecular complexity index is 767. The number of fused-ring (bicyclic) bond motifs is 2. The number of aromatic nitrogens is 2. The fourth-order valence-electron chi connectivity index (χ4n) is 3.40. The Balaban J connectivity index is 1.98. The van der Waals surface area contributed by atoms with Crippen molar-refractivity contribution >= 4 is 22.8 Å². The molecule has 112 valence electrons. The van der Waals surface area contributed by atoms with Gasteiger partial charge >= 0.3 is 0 Å². The summed E-state index contributed by atoms with van der Waals surface area (Å²) in [6, 6.07) is -0.171. The smallest absolute Gasteiger partial charge is 0.265 e. The predicted molar refractivity (Wildman–Crippen MR) is 75.6 cm³/mol. The van der Waals surface area contributed by atoms with Crippen LogP contribution in [0.2, 0.25) is 0 Å². The van der Waals surface area contributed by atoms with E-state index in [2.05, 4.69) is 9.97 Å². The predicted octanol–water partition coefficient (Wildman–Crippen LogP) is 1.58. The number of phenols is 2. The highest BCUT2D eigenvalue weighted by atomic mass is 16.3. The van der Waals surface area contributed by atoms with E-state index in [-0.39, 0.29) is 28.2 Å². The Hall–Kier alpha value is -2.70. The van der Waals surface area contributed by atoms with Crippen LogP contribution in [0.3, 0.4) is 0 Å². The molecule has 2 N–H and O–H groups in total. The van der Waals surface area contributed by atoms with E-state index in [1.165, 1.54) is 12.4 Å². The van der Waals surface area contributed by atoms with Crippen LogP contribution in [0.15, 0.2) is 12.4 Å². The molecule has 1 aliphatic carbocycles. The van der Waals surface area contributed by atoms with Crippen LogP contribution < -0.4 is 0 Å². The molecule has 0 bridgehead atoms. The van der Waals surface area contributed by atoms with Gasteiger partial charge in [0.2, 0.25) is 0 Å². The van der Waals surface area contributed by atoms with Crippen LogP contribution in [0.1, 0.15) is 46.4 Å². The van der Waals surface area contributed by atoms with E-state index in [1.54, 1.807) is 0 Å². The van der Waals surface area contributed by atoms with Crippen molar-refractivity contribution in [3.8, 4) is 11.5 Å². The molecular weight excluding hydrogens is 286 g/mol. The van der Waals surface area contributed by atoms with E-state index >= 15 is 0 Å². The van der Waals surface area contributed by atoms with Crippen LogP contribution in [0.5, 0.6) is 11.5 Å². The average Bonchev–Trinajstić information content (AvgIpc) is 3.12. The van der Waals surface area contributed by atoms with E-state index in [4.69, 9.17) is 0 Å². The summed E-state index contributed by atoms with van der Waals surface area (Å²) in [5.74, 6) is -1.91. The molecule has 1 aromatic carbocycles. The van der Waals surface area contributed by atoms with E-state index in [0.717, 1.165) is 30.6 Å². The van der Waals surface area contributed by atoms with Crippen LogP contribution in [0, 0.1) is 0 Å². The lowest BCUT2D eigenvalue weighted by atomic mass is 10.1. The Morgan fingerprint density at radius 2 is 1.36 bits per heavy atom. The minimum atomic E-state index is -0.563. The summed E-state index contributed by atoms with van der Waals surface area (Å²) >= 11 is 0. The largest absolute Gasteiger partial charge is 0.505 e. The van der Waals surface area contributed by atoms with Gasteiger partial charge in [0.05, 0.1) is 0 Å². The lowest BCUT2D eigenvalue weighted by molar-refractivity contribution is 0.0586. The topological polar surface area (TPSA) is 104 Å². The second-order valence-electron chi connectivity index (χ2n) is 5.62. The third-order valence-corrected chi connectivity index (χ3v) is 4.43. The number of amides is 2. The maximum Gasteiger partial charge on any atom is 0.265 e. The molecule has 22 heavy (non-hydrogen) atoms. The van der Waals surface area contributed by atoms with Gasteiger partial charge in [-0.1, -0.05) is 12.8 Å². The van der Waals surface area contributed by atoms with Crippen LogP contribution in [0.4, 0.5) is 0 Å². The van der Waals surface area contributed by atoms with Crippen molar-refractivity contribution in [2.24, 2.45) is 0 Å². The summed E-state index contributed by atoms with van der Waals surface area (Å²) in [6.45, 7) is 0. The number of hydrogen-bond donors (Lipinski definition) is 2. The first kappa shape index (κ1) is 13.0. The molecule has 7 nitrogen and oxygen atoms in total. The molecule has 0 saturated heterocycles.